The van der Waals surface area contributed by atoms with Crippen molar-refractivity contribution >= 4 is 55.7 Å². The molecule has 2 aromatic heterocycles. The average molecular weight is 863 g/mol. The molecule has 0 unspecified atom stereocenters. The third kappa shape index (κ3) is 7.94. The van der Waals surface area contributed by atoms with E-state index in [1.807, 2.05) is 12.2 Å². The van der Waals surface area contributed by atoms with Crippen LogP contribution in [0.3, 0.4) is 0 Å². The number of alkyl halides is 3. The summed E-state index contributed by atoms with van der Waals surface area (Å²) in [5.74, 6) is -3.02. The molecular weight excluding hydrogens is 818 g/mol. The van der Waals surface area contributed by atoms with Crippen LogP contribution in [0.15, 0.2) is 65.1 Å². The van der Waals surface area contributed by atoms with E-state index < -0.39 is 73.9 Å². The van der Waals surface area contributed by atoms with E-state index in [-0.39, 0.29) is 54.1 Å². The number of fused-ring (bicyclic) bond motifs is 5. The number of sulfonamides is 1. The predicted molar refractivity (Wildman–Crippen MR) is 215 cm³/mol. The van der Waals surface area contributed by atoms with Gasteiger partial charge in [0.1, 0.15) is 34.8 Å². The zero-order valence-electron chi connectivity index (χ0n) is 33.3. The number of hydrogen-bond acceptors (Lipinski definition) is 10. The highest BCUT2D eigenvalue weighted by Gasteiger charge is 2.63. The van der Waals surface area contributed by atoms with Crippen LogP contribution in [0.1, 0.15) is 83.1 Å². The summed E-state index contributed by atoms with van der Waals surface area (Å²) >= 11 is 0. The highest BCUT2D eigenvalue weighted by atomic mass is 32.2. The van der Waals surface area contributed by atoms with Gasteiger partial charge in [-0.05, 0) is 82.6 Å². The number of para-hydroxylation sites is 1. The number of nitrogens with zero attached hydrogens (tertiary/aromatic N) is 3. The number of benzene rings is 2. The van der Waals surface area contributed by atoms with Crippen LogP contribution in [-0.4, -0.2) is 81.9 Å². The summed E-state index contributed by atoms with van der Waals surface area (Å²) < 4.78 is 80.6. The number of amides is 4. The Bertz CT molecular complexity index is 2570. The maximum absolute atomic E-state index is 14.6. The SMILES string of the molecule is CC1(S(=O)(=O)NC(=O)[C@@]23C[C@H]2/C=C\CCCCC[C@H](NC(=O)C2CC2)C(=O)N2C[C@H](Oc4nc(-c5ccc(C(F)(F)F)cc5)nc5c4oc4ccccc45)C[C@H]2C(=O)N3)CC1. The van der Waals surface area contributed by atoms with Gasteiger partial charge in [-0.3, -0.25) is 23.9 Å². The first kappa shape index (κ1) is 40.9. The summed E-state index contributed by atoms with van der Waals surface area (Å²) in [5.41, 5.74) is -1.27. The first-order chi connectivity index (χ1) is 29.0. The van der Waals surface area contributed by atoms with Gasteiger partial charge < -0.3 is 24.7 Å². The van der Waals surface area contributed by atoms with E-state index in [0.29, 0.717) is 61.4 Å². The number of carbonyl (C=O) groups is 4. The fourth-order valence-corrected chi connectivity index (χ4v) is 9.63. The Morgan fingerprint density at radius 3 is 2.48 bits per heavy atom. The monoisotopic (exact) mass is 862 g/mol. The predicted octanol–water partition coefficient (Wildman–Crippen LogP) is 5.70. The van der Waals surface area contributed by atoms with Crippen molar-refractivity contribution in [2.45, 2.75) is 112 Å². The highest BCUT2D eigenvalue weighted by Crippen LogP contribution is 2.48. The van der Waals surface area contributed by atoms with Crippen LogP contribution in [-0.2, 0) is 35.4 Å². The van der Waals surface area contributed by atoms with Crippen molar-refractivity contribution in [3.63, 3.8) is 0 Å². The van der Waals surface area contributed by atoms with Gasteiger partial charge in [-0.25, -0.2) is 13.4 Å². The largest absolute Gasteiger partial charge is 0.470 e. The Morgan fingerprint density at radius 1 is 1.00 bits per heavy atom. The lowest BCUT2D eigenvalue weighted by atomic mass is 10.0. The van der Waals surface area contributed by atoms with Gasteiger partial charge in [0, 0.05) is 29.2 Å². The lowest BCUT2D eigenvalue weighted by Crippen LogP contribution is -2.58. The third-order valence-corrected chi connectivity index (χ3v) is 14.8. The second-order valence-electron chi connectivity index (χ2n) is 17.2. The molecule has 0 bridgehead atoms. The Labute approximate surface area is 349 Å². The van der Waals surface area contributed by atoms with E-state index in [4.69, 9.17) is 9.15 Å². The van der Waals surface area contributed by atoms with Gasteiger partial charge in [0.25, 0.3) is 11.8 Å². The number of hydrogen-bond donors (Lipinski definition) is 3. The number of rotatable bonds is 8. The van der Waals surface area contributed by atoms with Gasteiger partial charge in [-0.2, -0.15) is 18.2 Å². The van der Waals surface area contributed by atoms with Gasteiger partial charge in [0.2, 0.25) is 33.3 Å². The van der Waals surface area contributed by atoms with Crippen molar-refractivity contribution in [2.75, 3.05) is 6.54 Å². The molecule has 4 aromatic rings. The van der Waals surface area contributed by atoms with E-state index >= 15 is 0 Å². The first-order valence-electron chi connectivity index (χ1n) is 20.8. The maximum atomic E-state index is 14.6. The molecule has 3 saturated carbocycles. The van der Waals surface area contributed by atoms with Crippen LogP contribution in [0, 0.1) is 11.8 Å². The van der Waals surface area contributed by atoms with Crippen molar-refractivity contribution < 1.29 is 49.9 Å². The summed E-state index contributed by atoms with van der Waals surface area (Å²) in [4.78, 5) is 66.9. The molecule has 322 valence electrons. The van der Waals surface area contributed by atoms with E-state index in [0.717, 1.165) is 25.0 Å². The number of carbonyl (C=O) groups excluding carboxylic acids is 4. The van der Waals surface area contributed by atoms with Crippen LogP contribution in [0.25, 0.3) is 33.5 Å². The van der Waals surface area contributed by atoms with Crippen LogP contribution in [0.5, 0.6) is 5.88 Å². The van der Waals surface area contributed by atoms with Crippen LogP contribution < -0.4 is 20.1 Å². The molecule has 1 saturated heterocycles. The van der Waals surface area contributed by atoms with Crippen LogP contribution >= 0.6 is 0 Å². The lowest BCUT2D eigenvalue weighted by Gasteiger charge is -2.30. The number of ether oxygens (including phenoxy) is 1. The summed E-state index contributed by atoms with van der Waals surface area (Å²) in [6.07, 6.45) is 3.67. The van der Waals surface area contributed by atoms with E-state index in [1.54, 1.807) is 31.2 Å². The minimum atomic E-state index is -4.56. The molecule has 0 radical (unpaired) electrons. The molecule has 18 heteroatoms. The summed E-state index contributed by atoms with van der Waals surface area (Å²) in [5, 5.41) is 6.38. The fraction of sp³-hybridized carbons (Fsp3) is 0.488. The molecule has 4 heterocycles. The minimum absolute atomic E-state index is 0.0445. The smallest absolute Gasteiger partial charge is 0.416 e. The van der Waals surface area contributed by atoms with Gasteiger partial charge in [0.15, 0.2) is 5.82 Å². The van der Waals surface area contributed by atoms with Crippen LogP contribution in [0.2, 0.25) is 0 Å². The second-order valence-corrected chi connectivity index (χ2v) is 19.4. The zero-order valence-corrected chi connectivity index (χ0v) is 34.1. The molecule has 2 aromatic carbocycles. The van der Waals surface area contributed by atoms with Gasteiger partial charge in [-0.1, -0.05) is 49.3 Å². The Balaban J connectivity index is 1.06. The molecule has 4 amide bonds. The number of allylic oxidation sites excluding steroid dienone is 1. The van der Waals surface area contributed by atoms with E-state index in [9.17, 15) is 40.8 Å². The third-order valence-electron chi connectivity index (χ3n) is 12.7. The van der Waals surface area contributed by atoms with Crippen molar-refractivity contribution in [2.24, 2.45) is 11.8 Å². The molecular formula is C43H45F3N6O8S. The minimum Gasteiger partial charge on any atom is -0.470 e. The Morgan fingerprint density at radius 2 is 1.75 bits per heavy atom. The molecule has 2 aliphatic heterocycles. The van der Waals surface area contributed by atoms with Gasteiger partial charge >= 0.3 is 6.18 Å². The van der Waals surface area contributed by atoms with E-state index in [1.165, 1.54) is 17.0 Å². The summed E-state index contributed by atoms with van der Waals surface area (Å²) in [7, 11) is -4.05. The topological polar surface area (TPSA) is 190 Å². The second kappa shape index (κ2) is 15.1. The molecule has 9 rings (SSSR count). The molecule has 4 fully saturated rings. The zero-order chi connectivity index (χ0) is 42.9. The van der Waals surface area contributed by atoms with Crippen molar-refractivity contribution in [1.29, 1.82) is 0 Å². The molecule has 5 aliphatic rings. The number of nitrogens with one attached hydrogen (secondary N) is 3. The normalized spacial score (nSPS) is 27.2. The quantitative estimate of drug-likeness (QED) is 0.186. The Kier molecular flexibility index (Phi) is 10.1. The molecule has 3 aliphatic carbocycles. The van der Waals surface area contributed by atoms with E-state index in [2.05, 4.69) is 25.3 Å². The van der Waals surface area contributed by atoms with Crippen molar-refractivity contribution in [3.05, 3.63) is 66.2 Å². The number of furan rings is 1. The fourth-order valence-electron chi connectivity index (χ4n) is 8.32. The number of aromatic nitrogens is 2. The summed E-state index contributed by atoms with van der Waals surface area (Å²) in [6.45, 7) is 1.41. The molecule has 61 heavy (non-hydrogen) atoms. The number of halogens is 3. The molecule has 0 spiro atoms. The van der Waals surface area contributed by atoms with Crippen molar-refractivity contribution in [1.82, 2.24) is 30.2 Å². The standard InChI is InChI=1S/C43H45F3N6O8S/c1-41(19-20-41)61(57,58)51-40(56)42-22-27(42)9-5-3-2-4-6-11-30(47-36(53)25-13-14-25)39(55)52-23-28(21-31(52)37(54)50-42)59-38-34-33(29-10-7-8-12-32(29)60-34)48-35(49-38)24-15-17-26(18-16-24)43(44,45)46/h5,7-10,12,15-18,25,27-28,30-31H,2-4,6,11,13-14,19-23H2,1H3,(H,47,53)(H,50,54)(H,51,56)/b9-5-/t27-,28-,30+,31+,42-/m1/s1. The average Bonchev–Trinajstić information content (AvgIpc) is 4.19. The van der Waals surface area contributed by atoms with Gasteiger partial charge in [0.05, 0.1) is 16.9 Å². The van der Waals surface area contributed by atoms with Gasteiger partial charge in [-0.15, -0.1) is 0 Å². The first-order valence-corrected chi connectivity index (χ1v) is 22.2. The van der Waals surface area contributed by atoms with Crippen LogP contribution in [0.4, 0.5) is 13.2 Å². The molecule has 14 nitrogen and oxygen atoms in total. The maximum Gasteiger partial charge on any atom is 0.416 e. The Hall–Kier alpha value is -5.52. The lowest BCUT2D eigenvalue weighted by molar-refractivity contribution is -0.142. The summed E-state index contributed by atoms with van der Waals surface area (Å²) in [6, 6.07) is 9.20. The molecule has 3 N–H and O–H groups in total. The highest BCUT2D eigenvalue weighted by molar-refractivity contribution is 7.91. The molecule has 5 atom stereocenters. The van der Waals surface area contributed by atoms with Crippen molar-refractivity contribution in [3.8, 4) is 17.3 Å².